The Balaban J connectivity index is 1.69. The van der Waals surface area contributed by atoms with Gasteiger partial charge in [0, 0.05) is 31.3 Å². The fraction of sp³-hybridized carbons (Fsp3) is 0.312. The molecule has 2 heterocycles. The van der Waals surface area contributed by atoms with Crippen LogP contribution in [-0.2, 0) is 24.2 Å². The van der Waals surface area contributed by atoms with Crippen LogP contribution in [0.15, 0.2) is 30.5 Å². The molecule has 0 aliphatic carbocycles. The second-order valence-electron chi connectivity index (χ2n) is 5.26. The molecule has 108 valence electrons. The van der Waals surface area contributed by atoms with Crippen molar-refractivity contribution in [3.63, 3.8) is 0 Å². The molecule has 0 saturated carbocycles. The molecule has 0 radical (unpaired) electrons. The van der Waals surface area contributed by atoms with Gasteiger partial charge < -0.3 is 4.90 Å². The first kappa shape index (κ1) is 13.7. The molecule has 4 nitrogen and oxygen atoms in total. The summed E-state index contributed by atoms with van der Waals surface area (Å²) < 4.78 is 12.9. The zero-order valence-electron chi connectivity index (χ0n) is 11.8. The van der Waals surface area contributed by atoms with Crippen LogP contribution in [0.3, 0.4) is 0 Å². The predicted octanol–water partition coefficient (Wildman–Crippen LogP) is 2.05. The molecule has 3 rings (SSSR count). The summed E-state index contributed by atoms with van der Waals surface area (Å²) in [6, 6.07) is 6.06. The Morgan fingerprint density at radius 2 is 2.10 bits per heavy atom. The van der Waals surface area contributed by atoms with Crippen molar-refractivity contribution in [2.24, 2.45) is 0 Å². The zero-order chi connectivity index (χ0) is 14.8. The maximum absolute atomic E-state index is 12.9. The Labute approximate surface area is 122 Å². The number of fused-ring (bicyclic) bond motifs is 1. The average Bonchev–Trinajstić information content (AvgIpc) is 2.49. The second kappa shape index (κ2) is 5.60. The Morgan fingerprint density at radius 3 is 2.86 bits per heavy atom. The maximum Gasteiger partial charge on any atom is 0.227 e. The summed E-state index contributed by atoms with van der Waals surface area (Å²) in [6.07, 6.45) is 2.85. The largest absolute Gasteiger partial charge is 0.338 e. The molecule has 0 fully saturated rings. The molecular formula is C16H16FN3O. The van der Waals surface area contributed by atoms with Crippen molar-refractivity contribution in [3.8, 4) is 0 Å². The second-order valence-corrected chi connectivity index (χ2v) is 5.26. The van der Waals surface area contributed by atoms with Crippen molar-refractivity contribution in [3.05, 3.63) is 58.9 Å². The molecule has 0 saturated heterocycles. The maximum atomic E-state index is 12.9. The summed E-state index contributed by atoms with van der Waals surface area (Å²) >= 11 is 0. The summed E-state index contributed by atoms with van der Waals surface area (Å²) in [4.78, 5) is 22.7. The number of hydrogen-bond acceptors (Lipinski definition) is 3. The van der Waals surface area contributed by atoms with E-state index in [0.717, 1.165) is 29.1 Å². The number of aromatic nitrogens is 2. The molecule has 0 N–H and O–H groups in total. The Hall–Kier alpha value is -2.30. The monoisotopic (exact) mass is 285 g/mol. The number of carbonyl (C=O) groups is 1. The molecule has 2 aromatic rings. The Morgan fingerprint density at radius 1 is 1.33 bits per heavy atom. The van der Waals surface area contributed by atoms with Crippen LogP contribution in [0.5, 0.6) is 0 Å². The van der Waals surface area contributed by atoms with Gasteiger partial charge >= 0.3 is 0 Å². The van der Waals surface area contributed by atoms with E-state index in [2.05, 4.69) is 9.97 Å². The van der Waals surface area contributed by atoms with E-state index in [9.17, 15) is 9.18 Å². The number of aryl methyl sites for hydroxylation is 1. The van der Waals surface area contributed by atoms with Gasteiger partial charge in [-0.25, -0.2) is 14.4 Å². The smallest absolute Gasteiger partial charge is 0.227 e. The minimum absolute atomic E-state index is 0.0489. The molecule has 1 aromatic carbocycles. The number of hydrogen-bond donors (Lipinski definition) is 0. The van der Waals surface area contributed by atoms with Crippen molar-refractivity contribution in [2.75, 3.05) is 6.54 Å². The third kappa shape index (κ3) is 3.07. The number of halogens is 1. The number of nitrogens with zero attached hydrogens (tertiary/aromatic N) is 3. The number of rotatable bonds is 2. The van der Waals surface area contributed by atoms with E-state index in [1.807, 2.05) is 11.8 Å². The zero-order valence-corrected chi connectivity index (χ0v) is 11.8. The summed E-state index contributed by atoms with van der Waals surface area (Å²) in [6.45, 7) is 3.09. The molecule has 0 spiro atoms. The van der Waals surface area contributed by atoms with Crippen LogP contribution in [-0.4, -0.2) is 27.3 Å². The molecular weight excluding hydrogens is 269 g/mol. The summed E-state index contributed by atoms with van der Waals surface area (Å²) in [5, 5.41) is 0. The first-order valence-corrected chi connectivity index (χ1v) is 6.95. The third-order valence-corrected chi connectivity index (χ3v) is 3.68. The first-order chi connectivity index (χ1) is 10.1. The number of benzene rings is 1. The molecule has 1 aliphatic rings. The van der Waals surface area contributed by atoms with E-state index < -0.39 is 0 Å². The van der Waals surface area contributed by atoms with Crippen molar-refractivity contribution in [1.29, 1.82) is 0 Å². The molecule has 1 aliphatic heterocycles. The van der Waals surface area contributed by atoms with Gasteiger partial charge in [-0.3, -0.25) is 4.79 Å². The van der Waals surface area contributed by atoms with Gasteiger partial charge in [-0.15, -0.1) is 0 Å². The van der Waals surface area contributed by atoms with Crippen LogP contribution in [0.2, 0.25) is 0 Å². The summed E-state index contributed by atoms with van der Waals surface area (Å²) in [7, 11) is 0. The lowest BCUT2D eigenvalue weighted by molar-refractivity contribution is -0.131. The van der Waals surface area contributed by atoms with Crippen molar-refractivity contribution in [1.82, 2.24) is 14.9 Å². The van der Waals surface area contributed by atoms with Gasteiger partial charge in [0.15, 0.2) is 0 Å². The SMILES string of the molecule is Cc1ncc2c(n1)CCN(C(=O)Cc1ccc(F)cc1)C2. The molecule has 1 aromatic heterocycles. The first-order valence-electron chi connectivity index (χ1n) is 6.95. The van der Waals surface area contributed by atoms with Crippen LogP contribution >= 0.6 is 0 Å². The average molecular weight is 285 g/mol. The van der Waals surface area contributed by atoms with Gasteiger partial charge in [-0.05, 0) is 24.6 Å². The predicted molar refractivity (Wildman–Crippen MR) is 76.0 cm³/mol. The van der Waals surface area contributed by atoms with Gasteiger partial charge in [0.1, 0.15) is 11.6 Å². The van der Waals surface area contributed by atoms with Crippen LogP contribution in [0.25, 0.3) is 0 Å². The minimum atomic E-state index is -0.286. The van der Waals surface area contributed by atoms with E-state index >= 15 is 0 Å². The quantitative estimate of drug-likeness (QED) is 0.848. The topological polar surface area (TPSA) is 46.1 Å². The van der Waals surface area contributed by atoms with E-state index in [4.69, 9.17) is 0 Å². The highest BCUT2D eigenvalue weighted by Gasteiger charge is 2.22. The highest BCUT2D eigenvalue weighted by molar-refractivity contribution is 5.79. The van der Waals surface area contributed by atoms with Gasteiger partial charge in [-0.2, -0.15) is 0 Å². The van der Waals surface area contributed by atoms with Crippen LogP contribution in [0, 0.1) is 12.7 Å². The van der Waals surface area contributed by atoms with Gasteiger partial charge in [0.25, 0.3) is 0 Å². The highest BCUT2D eigenvalue weighted by atomic mass is 19.1. The van der Waals surface area contributed by atoms with Gasteiger partial charge in [-0.1, -0.05) is 12.1 Å². The van der Waals surface area contributed by atoms with Crippen molar-refractivity contribution >= 4 is 5.91 Å². The fourth-order valence-corrected chi connectivity index (χ4v) is 2.52. The molecule has 1 amide bonds. The van der Waals surface area contributed by atoms with E-state index in [1.54, 1.807) is 18.3 Å². The summed E-state index contributed by atoms with van der Waals surface area (Å²) in [5.74, 6) is 0.526. The number of amides is 1. The Bertz CT molecular complexity index is 670. The van der Waals surface area contributed by atoms with Crippen LogP contribution < -0.4 is 0 Å². The van der Waals surface area contributed by atoms with E-state index in [1.165, 1.54) is 12.1 Å². The van der Waals surface area contributed by atoms with E-state index in [0.29, 0.717) is 19.5 Å². The van der Waals surface area contributed by atoms with Crippen molar-refractivity contribution in [2.45, 2.75) is 26.3 Å². The van der Waals surface area contributed by atoms with Gasteiger partial charge in [0.2, 0.25) is 5.91 Å². The lowest BCUT2D eigenvalue weighted by Crippen LogP contribution is -2.37. The highest BCUT2D eigenvalue weighted by Crippen LogP contribution is 2.17. The lowest BCUT2D eigenvalue weighted by atomic mass is 10.1. The third-order valence-electron chi connectivity index (χ3n) is 3.68. The number of carbonyl (C=O) groups excluding carboxylic acids is 1. The normalized spacial score (nSPS) is 13.9. The molecule has 0 bridgehead atoms. The summed E-state index contributed by atoms with van der Waals surface area (Å²) in [5.41, 5.74) is 2.87. The Kier molecular flexibility index (Phi) is 3.64. The van der Waals surface area contributed by atoms with Crippen molar-refractivity contribution < 1.29 is 9.18 Å². The van der Waals surface area contributed by atoms with Gasteiger partial charge in [0.05, 0.1) is 12.1 Å². The lowest BCUT2D eigenvalue weighted by Gasteiger charge is -2.28. The molecule has 5 heteroatoms. The van der Waals surface area contributed by atoms with Crippen LogP contribution in [0.4, 0.5) is 4.39 Å². The minimum Gasteiger partial charge on any atom is -0.338 e. The molecule has 21 heavy (non-hydrogen) atoms. The van der Waals surface area contributed by atoms with Crippen LogP contribution in [0.1, 0.15) is 22.6 Å². The standard InChI is InChI=1S/C16H16FN3O/c1-11-18-9-13-10-20(7-6-15(13)19-11)16(21)8-12-2-4-14(17)5-3-12/h2-5,9H,6-8,10H2,1H3. The van der Waals surface area contributed by atoms with E-state index in [-0.39, 0.29) is 11.7 Å². The molecule has 0 atom stereocenters. The molecule has 0 unspecified atom stereocenters. The fourth-order valence-electron chi connectivity index (χ4n) is 2.52.